The second kappa shape index (κ2) is 16.5. The lowest BCUT2D eigenvalue weighted by Gasteiger charge is -2.49. The normalized spacial score (nSPS) is 49.8. The van der Waals surface area contributed by atoms with E-state index in [2.05, 4.69) is 0 Å². The van der Waals surface area contributed by atoms with Gasteiger partial charge < -0.3 is 62.5 Å². The molecule has 0 aromatic carbocycles. The van der Waals surface area contributed by atoms with Gasteiger partial charge in [-0.15, -0.1) is 0 Å². The number of hydrogen-bond donors (Lipinski definition) is 2. The molecule has 16 heteroatoms. The van der Waals surface area contributed by atoms with Gasteiger partial charge in [-0.1, -0.05) is 27.7 Å². The highest BCUT2D eigenvalue weighted by atomic mass is 16.8. The van der Waals surface area contributed by atoms with Crippen LogP contribution < -0.4 is 0 Å². The monoisotopic (exact) mass is 787 g/mol. The van der Waals surface area contributed by atoms with Crippen molar-refractivity contribution in [2.24, 2.45) is 23.7 Å². The highest BCUT2D eigenvalue weighted by Gasteiger charge is 2.61. The Morgan fingerprint density at radius 2 is 1.51 bits per heavy atom. The molecule has 1 unspecified atom stereocenters. The molecule has 2 N–H and O–H groups in total. The van der Waals surface area contributed by atoms with Crippen LogP contribution in [0.4, 0.5) is 9.59 Å². The predicted molar refractivity (Wildman–Crippen MR) is 194 cm³/mol. The highest BCUT2D eigenvalue weighted by molar-refractivity contribution is 5.73. The van der Waals surface area contributed by atoms with Crippen molar-refractivity contribution in [3.8, 4) is 0 Å². The Morgan fingerprint density at radius 3 is 2.13 bits per heavy atom. The Balaban J connectivity index is 1.65. The Bertz CT molecular complexity index is 1380. The van der Waals surface area contributed by atoms with Crippen molar-refractivity contribution in [1.29, 1.82) is 0 Å². The van der Waals surface area contributed by atoms with E-state index in [-0.39, 0.29) is 31.4 Å². The fourth-order valence-corrected chi connectivity index (χ4v) is 9.82. The molecule has 16 nitrogen and oxygen atoms in total. The third-order valence-corrected chi connectivity index (χ3v) is 13.0. The number of aliphatic hydroxyl groups excluding tert-OH is 2. The number of fused-ring (bicyclic) bond motifs is 4. The van der Waals surface area contributed by atoms with Crippen LogP contribution in [0.2, 0.25) is 0 Å². The summed E-state index contributed by atoms with van der Waals surface area (Å²) in [6, 6.07) is -0.313. The summed E-state index contributed by atoms with van der Waals surface area (Å²) < 4.78 is 61.9. The molecule has 0 aromatic rings. The van der Waals surface area contributed by atoms with Gasteiger partial charge in [0.2, 0.25) is 0 Å². The molecule has 5 saturated heterocycles. The fraction of sp³-hybridized carbons (Fsp3) is 0.923. The first-order valence-corrected chi connectivity index (χ1v) is 19.8. The molecular weight excluding hydrogens is 722 g/mol. The molecule has 5 rings (SSSR count). The number of carbonyl (C=O) groups excluding carboxylic acids is 3. The zero-order valence-corrected chi connectivity index (χ0v) is 34.7. The van der Waals surface area contributed by atoms with E-state index >= 15 is 0 Å². The van der Waals surface area contributed by atoms with Gasteiger partial charge in [-0.25, -0.2) is 9.59 Å². The van der Waals surface area contributed by atoms with Gasteiger partial charge in [-0.2, -0.15) is 0 Å². The van der Waals surface area contributed by atoms with E-state index in [1.807, 2.05) is 46.7 Å². The summed E-state index contributed by atoms with van der Waals surface area (Å²) in [6.45, 7) is 17.8. The first-order valence-electron chi connectivity index (χ1n) is 19.8. The second-order valence-corrected chi connectivity index (χ2v) is 17.5. The molecule has 5 aliphatic rings. The number of esters is 1. The Labute approximate surface area is 325 Å². The van der Waals surface area contributed by atoms with Crippen LogP contribution in [0.15, 0.2) is 0 Å². The zero-order chi connectivity index (χ0) is 40.9. The molecule has 0 aromatic heterocycles. The van der Waals surface area contributed by atoms with E-state index in [0.717, 1.165) is 0 Å². The average molecular weight is 788 g/mol. The van der Waals surface area contributed by atoms with Gasteiger partial charge in [-0.3, -0.25) is 4.79 Å². The molecule has 5 fully saturated rings. The van der Waals surface area contributed by atoms with Gasteiger partial charge in [-0.05, 0) is 80.8 Å². The van der Waals surface area contributed by atoms with Crippen molar-refractivity contribution in [2.45, 2.75) is 185 Å². The second-order valence-electron chi connectivity index (χ2n) is 17.5. The number of ether oxygens (including phenoxy) is 10. The van der Waals surface area contributed by atoms with Crippen LogP contribution in [-0.2, 0) is 52.2 Å². The van der Waals surface area contributed by atoms with Crippen LogP contribution in [0, 0.1) is 23.7 Å². The Kier molecular flexibility index (Phi) is 13.2. The molecule has 5 heterocycles. The largest absolute Gasteiger partial charge is 0.509 e. The SMILES string of the molecule is CC[C@H]1OC(=O)[C@H](C)[C@@H](O[C@H]2C[C@@](C)(OC)[C@@H](O)[C@H](C)O2)[C@H](C)[C@@H](O[C@@H]2O[C@H](C)C[C@H](N(C)C)[C@H]2O)C2(C)C[C@@H](C)[C@H](OC(=O)O2)[C@H](C)[C@H]2OC(=O)O[C@@]21C. The van der Waals surface area contributed by atoms with Gasteiger partial charge in [0.15, 0.2) is 24.3 Å². The number of cyclic esters (lactones) is 1. The molecule has 0 saturated carbocycles. The van der Waals surface area contributed by atoms with E-state index in [1.165, 1.54) is 7.11 Å². The van der Waals surface area contributed by atoms with Gasteiger partial charge in [0.1, 0.15) is 36.1 Å². The average Bonchev–Trinajstić information content (AvgIpc) is 3.36. The molecule has 2 bridgehead atoms. The summed E-state index contributed by atoms with van der Waals surface area (Å²) in [5.41, 5.74) is -3.94. The lowest BCUT2D eigenvalue weighted by Crippen LogP contribution is -2.61. The maximum atomic E-state index is 14.5. The molecule has 0 amide bonds. The van der Waals surface area contributed by atoms with E-state index in [9.17, 15) is 24.6 Å². The molecule has 0 radical (unpaired) electrons. The van der Waals surface area contributed by atoms with Crippen LogP contribution >= 0.6 is 0 Å². The zero-order valence-electron chi connectivity index (χ0n) is 34.7. The summed E-state index contributed by atoms with van der Waals surface area (Å²) in [5.74, 6) is -3.48. The first kappa shape index (κ1) is 43.8. The molecule has 5 aliphatic heterocycles. The number of methoxy groups -OCH3 is 1. The van der Waals surface area contributed by atoms with Crippen LogP contribution in [0.3, 0.4) is 0 Å². The molecule has 0 aliphatic carbocycles. The minimum Gasteiger partial charge on any atom is -0.458 e. The first-order chi connectivity index (χ1) is 25.6. The highest BCUT2D eigenvalue weighted by Crippen LogP contribution is 2.46. The number of hydrogen-bond acceptors (Lipinski definition) is 16. The van der Waals surface area contributed by atoms with Crippen LogP contribution in [0.1, 0.15) is 94.9 Å². The number of likely N-dealkylation sites (N-methyl/N-ethyl adjacent to an activating group) is 1. The maximum absolute atomic E-state index is 14.5. The van der Waals surface area contributed by atoms with Crippen LogP contribution in [0.5, 0.6) is 0 Å². The smallest absolute Gasteiger partial charge is 0.458 e. The maximum Gasteiger partial charge on any atom is 0.509 e. The van der Waals surface area contributed by atoms with Crippen LogP contribution in [0.25, 0.3) is 0 Å². The molecule has 0 spiro atoms. The lowest BCUT2D eigenvalue weighted by atomic mass is 9.73. The van der Waals surface area contributed by atoms with Crippen molar-refractivity contribution in [3.05, 3.63) is 0 Å². The number of nitrogens with zero attached hydrogens (tertiary/aromatic N) is 1. The standard InChI is InChI=1S/C39H65NO15/c1-14-25-39(10)32(53-36(45)55-39)20(4)28-18(2)16-38(9,54-35(44)51-28)31(52-34-27(41)24(40(11)12)15-19(3)47-34)21(5)29(22(6)33(43)49-25)50-26-17-37(8,46-13)30(42)23(7)48-26/h18-32,34,41-42H,14-17H2,1-13H3/t18-,19-,20+,21+,22-,23+,24+,25-,26+,27-,28+,29+,30+,31-,32-,34+,37-,38?,39-/m1/s1. The van der Waals surface area contributed by atoms with Gasteiger partial charge in [0.05, 0.1) is 29.8 Å². The van der Waals surface area contributed by atoms with Crippen molar-refractivity contribution in [2.75, 3.05) is 21.2 Å². The van der Waals surface area contributed by atoms with E-state index < -0.39 is 120 Å². The summed E-state index contributed by atoms with van der Waals surface area (Å²) in [4.78, 5) is 43.0. The van der Waals surface area contributed by atoms with Crippen molar-refractivity contribution < 1.29 is 72.0 Å². The van der Waals surface area contributed by atoms with Crippen molar-refractivity contribution in [1.82, 2.24) is 4.90 Å². The number of rotatable bonds is 7. The summed E-state index contributed by atoms with van der Waals surface area (Å²) in [6.07, 6.45) is -10.8. The molecule has 19 atom stereocenters. The summed E-state index contributed by atoms with van der Waals surface area (Å²) >= 11 is 0. The van der Waals surface area contributed by atoms with E-state index in [0.29, 0.717) is 6.42 Å². The predicted octanol–water partition coefficient (Wildman–Crippen LogP) is 3.94. The Hall–Kier alpha value is -2.31. The van der Waals surface area contributed by atoms with E-state index in [4.69, 9.17) is 47.4 Å². The molecule has 55 heavy (non-hydrogen) atoms. The number of aliphatic hydroxyl groups is 2. The molecule has 316 valence electrons. The third-order valence-electron chi connectivity index (χ3n) is 13.0. The topological polar surface area (TPSA) is 187 Å². The minimum atomic E-state index is -1.45. The fourth-order valence-electron chi connectivity index (χ4n) is 9.82. The summed E-state index contributed by atoms with van der Waals surface area (Å²) in [5, 5.41) is 22.6. The van der Waals surface area contributed by atoms with Crippen LogP contribution in [-0.4, -0.2) is 145 Å². The number of carbonyl (C=O) groups is 3. The van der Waals surface area contributed by atoms with Gasteiger partial charge in [0, 0.05) is 31.4 Å². The lowest BCUT2D eigenvalue weighted by molar-refractivity contribution is -0.317. The third kappa shape index (κ3) is 8.48. The van der Waals surface area contributed by atoms with Crippen molar-refractivity contribution in [3.63, 3.8) is 0 Å². The molecular formula is C39H65NO15. The summed E-state index contributed by atoms with van der Waals surface area (Å²) in [7, 11) is 5.24. The van der Waals surface area contributed by atoms with Gasteiger partial charge >= 0.3 is 18.3 Å². The Morgan fingerprint density at radius 1 is 0.855 bits per heavy atom. The van der Waals surface area contributed by atoms with Gasteiger partial charge in [0.25, 0.3) is 0 Å². The van der Waals surface area contributed by atoms with E-state index in [1.54, 1.807) is 41.5 Å². The minimum absolute atomic E-state index is 0.110. The quantitative estimate of drug-likeness (QED) is 0.279. The van der Waals surface area contributed by atoms with Crippen molar-refractivity contribution >= 4 is 18.3 Å².